The molecule has 1 aromatic heterocycles. The minimum absolute atomic E-state index is 0.331. The molecule has 0 amide bonds. The van der Waals surface area contributed by atoms with Gasteiger partial charge in [0.05, 0.1) is 17.3 Å². The summed E-state index contributed by atoms with van der Waals surface area (Å²) in [5.74, 6) is 1.43. The van der Waals surface area contributed by atoms with Gasteiger partial charge in [-0.3, -0.25) is 9.80 Å². The fraction of sp³-hybridized carbons (Fsp3) is 0.824. The van der Waals surface area contributed by atoms with E-state index >= 15 is 0 Å². The highest BCUT2D eigenvalue weighted by atomic mass is 32.1. The molecule has 0 unspecified atom stereocenters. The predicted molar refractivity (Wildman–Crippen MR) is 88.9 cm³/mol. The minimum Gasteiger partial charge on any atom is -0.395 e. The van der Waals surface area contributed by atoms with Crippen LogP contribution in [-0.4, -0.2) is 58.2 Å². The molecular weight excluding hydrogens is 294 g/mol. The number of rotatable bonds is 3. The molecule has 4 atom stereocenters. The van der Waals surface area contributed by atoms with E-state index in [1.165, 1.54) is 49.5 Å². The molecule has 4 rings (SSSR count). The van der Waals surface area contributed by atoms with Gasteiger partial charge in [0, 0.05) is 37.1 Å². The zero-order valence-corrected chi connectivity index (χ0v) is 14.3. The third-order valence-electron chi connectivity index (χ3n) is 5.94. The second-order valence-corrected chi connectivity index (χ2v) is 8.42. The van der Waals surface area contributed by atoms with Crippen molar-refractivity contribution in [2.75, 3.05) is 26.2 Å². The highest BCUT2D eigenvalue weighted by Crippen LogP contribution is 2.41. The van der Waals surface area contributed by atoms with Crippen molar-refractivity contribution < 1.29 is 5.11 Å². The van der Waals surface area contributed by atoms with E-state index in [2.05, 4.69) is 27.1 Å². The zero-order chi connectivity index (χ0) is 15.1. The summed E-state index contributed by atoms with van der Waals surface area (Å²) in [6.07, 6.45) is 5.33. The quantitative estimate of drug-likeness (QED) is 0.926. The Bertz CT molecular complexity index is 506. The monoisotopic (exact) mass is 321 g/mol. The first-order valence-electron chi connectivity index (χ1n) is 8.74. The average molecular weight is 321 g/mol. The maximum Gasteiger partial charge on any atom is 0.0897 e. The van der Waals surface area contributed by atoms with Gasteiger partial charge in [-0.2, -0.15) is 0 Å². The summed E-state index contributed by atoms with van der Waals surface area (Å²) in [7, 11) is 0. The first-order chi connectivity index (χ1) is 10.7. The van der Waals surface area contributed by atoms with E-state index in [4.69, 9.17) is 0 Å². The van der Waals surface area contributed by atoms with Crippen molar-refractivity contribution in [1.29, 1.82) is 0 Å². The molecule has 3 fully saturated rings. The first-order valence-corrected chi connectivity index (χ1v) is 9.62. The standard InChI is InChI=1S/C17H27N3OS/c1-12-18-15(11-22-12)9-19-7-13-6-14(8-19)17(10-21)20-5-3-2-4-16(13)20/h11,13-14,16-17,21H,2-10H2,1H3/t13-,14+,16+,17+/m1/s1. The lowest BCUT2D eigenvalue weighted by molar-refractivity contribution is -0.0876. The molecule has 4 heterocycles. The molecule has 3 saturated heterocycles. The molecule has 1 N–H and O–H groups in total. The smallest absolute Gasteiger partial charge is 0.0897 e. The van der Waals surface area contributed by atoms with Gasteiger partial charge >= 0.3 is 0 Å². The third-order valence-corrected chi connectivity index (χ3v) is 6.76. The van der Waals surface area contributed by atoms with Crippen molar-refractivity contribution in [1.82, 2.24) is 14.8 Å². The summed E-state index contributed by atoms with van der Waals surface area (Å²) in [5, 5.41) is 13.3. The van der Waals surface area contributed by atoms with Crippen LogP contribution in [-0.2, 0) is 6.54 Å². The van der Waals surface area contributed by atoms with E-state index in [0.29, 0.717) is 24.6 Å². The van der Waals surface area contributed by atoms with Crippen molar-refractivity contribution >= 4 is 11.3 Å². The zero-order valence-electron chi connectivity index (χ0n) is 13.4. The minimum atomic E-state index is 0.331. The van der Waals surface area contributed by atoms with E-state index in [0.717, 1.165) is 19.0 Å². The van der Waals surface area contributed by atoms with E-state index in [9.17, 15) is 5.11 Å². The number of nitrogens with zero attached hydrogens (tertiary/aromatic N) is 3. The summed E-state index contributed by atoms with van der Waals surface area (Å²) in [5.41, 5.74) is 1.23. The number of hydrogen-bond acceptors (Lipinski definition) is 5. The van der Waals surface area contributed by atoms with Crippen LogP contribution in [0.25, 0.3) is 0 Å². The number of fused-ring (bicyclic) bond motifs is 4. The molecule has 0 saturated carbocycles. The third kappa shape index (κ3) is 2.73. The maximum absolute atomic E-state index is 9.95. The molecule has 3 aliphatic heterocycles. The molecule has 0 spiro atoms. The van der Waals surface area contributed by atoms with Gasteiger partial charge in [0.15, 0.2) is 0 Å². The molecular formula is C17H27N3OS. The van der Waals surface area contributed by atoms with Crippen molar-refractivity contribution in [3.63, 3.8) is 0 Å². The molecule has 5 heteroatoms. The SMILES string of the molecule is Cc1nc(CN2C[C@H]3C[C@@H](C2)[C@H](CO)N2CCCC[C@@H]32)cs1. The van der Waals surface area contributed by atoms with Gasteiger partial charge in [-0.05, 0) is 44.6 Å². The molecule has 22 heavy (non-hydrogen) atoms. The molecule has 0 aliphatic carbocycles. The van der Waals surface area contributed by atoms with Gasteiger partial charge in [0.2, 0.25) is 0 Å². The predicted octanol–water partition coefficient (Wildman–Crippen LogP) is 2.12. The second-order valence-electron chi connectivity index (χ2n) is 7.36. The van der Waals surface area contributed by atoms with Gasteiger partial charge in [0.1, 0.15) is 0 Å². The van der Waals surface area contributed by atoms with Crippen LogP contribution in [0.15, 0.2) is 5.38 Å². The summed E-state index contributed by atoms with van der Waals surface area (Å²) in [4.78, 5) is 9.89. The van der Waals surface area contributed by atoms with Gasteiger partial charge in [-0.1, -0.05) is 6.42 Å². The fourth-order valence-electron chi connectivity index (χ4n) is 5.09. The van der Waals surface area contributed by atoms with Crippen LogP contribution >= 0.6 is 11.3 Å². The highest BCUT2D eigenvalue weighted by molar-refractivity contribution is 7.09. The van der Waals surface area contributed by atoms with Gasteiger partial charge < -0.3 is 5.11 Å². The van der Waals surface area contributed by atoms with E-state index in [1.54, 1.807) is 11.3 Å². The lowest BCUT2D eigenvalue weighted by Crippen LogP contribution is -2.64. The molecule has 0 radical (unpaired) electrons. The lowest BCUT2D eigenvalue weighted by atomic mass is 9.72. The molecule has 2 bridgehead atoms. The number of likely N-dealkylation sites (tertiary alicyclic amines) is 1. The van der Waals surface area contributed by atoms with E-state index in [-0.39, 0.29) is 0 Å². The Kier molecular flexibility index (Phi) is 4.24. The molecule has 0 aromatic carbocycles. The average Bonchev–Trinajstić information content (AvgIpc) is 2.93. The number of hydrogen-bond donors (Lipinski definition) is 1. The van der Waals surface area contributed by atoms with Crippen molar-refractivity contribution in [3.05, 3.63) is 16.1 Å². The van der Waals surface area contributed by atoms with E-state index in [1.807, 2.05) is 0 Å². The lowest BCUT2D eigenvalue weighted by Gasteiger charge is -2.56. The van der Waals surface area contributed by atoms with E-state index < -0.39 is 0 Å². The molecule has 122 valence electrons. The van der Waals surface area contributed by atoms with Gasteiger partial charge in [-0.15, -0.1) is 11.3 Å². The number of aromatic nitrogens is 1. The number of thiazole rings is 1. The summed E-state index contributed by atoms with van der Waals surface area (Å²) < 4.78 is 0. The fourth-order valence-corrected chi connectivity index (χ4v) is 5.70. The second kappa shape index (κ2) is 6.19. The van der Waals surface area contributed by atoms with Gasteiger partial charge in [0.25, 0.3) is 0 Å². The van der Waals surface area contributed by atoms with Crippen LogP contribution in [0.2, 0.25) is 0 Å². The van der Waals surface area contributed by atoms with Crippen LogP contribution in [0, 0.1) is 18.8 Å². The summed E-state index contributed by atoms with van der Waals surface area (Å²) in [6.45, 7) is 6.95. The molecule has 1 aromatic rings. The topological polar surface area (TPSA) is 39.6 Å². The van der Waals surface area contributed by atoms with Crippen LogP contribution in [0.5, 0.6) is 0 Å². The largest absolute Gasteiger partial charge is 0.395 e. The van der Waals surface area contributed by atoms with Crippen LogP contribution in [0.4, 0.5) is 0 Å². The van der Waals surface area contributed by atoms with Crippen LogP contribution in [0.1, 0.15) is 36.4 Å². The Morgan fingerprint density at radius 2 is 2.18 bits per heavy atom. The van der Waals surface area contributed by atoms with Crippen molar-refractivity contribution in [3.8, 4) is 0 Å². The number of aliphatic hydroxyl groups is 1. The van der Waals surface area contributed by atoms with Crippen molar-refractivity contribution in [2.45, 2.75) is 51.2 Å². The Balaban J connectivity index is 1.50. The first kappa shape index (κ1) is 15.1. The number of piperidine rings is 3. The highest BCUT2D eigenvalue weighted by Gasteiger charge is 2.46. The summed E-state index contributed by atoms with van der Waals surface area (Å²) >= 11 is 1.75. The number of aliphatic hydroxyl groups excluding tert-OH is 1. The maximum atomic E-state index is 9.95. The Labute approximate surface area is 137 Å². The molecule has 4 nitrogen and oxygen atoms in total. The Morgan fingerprint density at radius 1 is 1.32 bits per heavy atom. The summed E-state index contributed by atoms with van der Waals surface area (Å²) in [6, 6.07) is 1.10. The Hall–Kier alpha value is -0.490. The van der Waals surface area contributed by atoms with Crippen molar-refractivity contribution in [2.24, 2.45) is 11.8 Å². The molecule has 3 aliphatic rings. The van der Waals surface area contributed by atoms with Gasteiger partial charge in [-0.25, -0.2) is 4.98 Å². The normalized spacial score (nSPS) is 36.3. The Morgan fingerprint density at radius 3 is 2.95 bits per heavy atom. The number of aryl methyl sites for hydroxylation is 1. The van der Waals surface area contributed by atoms with Crippen LogP contribution in [0.3, 0.4) is 0 Å². The van der Waals surface area contributed by atoms with Crippen LogP contribution < -0.4 is 0 Å².